The van der Waals surface area contributed by atoms with Crippen LogP contribution in [0.3, 0.4) is 0 Å². The first-order valence-corrected chi connectivity index (χ1v) is 24.9. The van der Waals surface area contributed by atoms with Crippen LogP contribution in [0.1, 0.15) is 26.7 Å². The molecule has 0 aliphatic carbocycles. The van der Waals surface area contributed by atoms with Crippen molar-refractivity contribution in [3.05, 3.63) is 73.8 Å². The molecule has 0 aromatic heterocycles. The molecule has 4 rings (SSSR count). The summed E-state index contributed by atoms with van der Waals surface area (Å²) < 4.78 is 25.1. The Balaban J connectivity index is 1.26. The molecular formula is C36H46O6S8. The number of hydrogen-bond acceptors (Lipinski definition) is 14. The maximum atomic E-state index is 12.1. The van der Waals surface area contributed by atoms with E-state index in [0.29, 0.717) is 32.2 Å². The zero-order valence-electron chi connectivity index (χ0n) is 28.5. The summed E-state index contributed by atoms with van der Waals surface area (Å²) in [6, 6.07) is 15.8. The highest BCUT2D eigenvalue weighted by Crippen LogP contribution is 2.39. The van der Waals surface area contributed by atoms with Gasteiger partial charge in [-0.25, -0.2) is 9.59 Å². The van der Waals surface area contributed by atoms with Crippen LogP contribution in [0.15, 0.2) is 73.8 Å². The van der Waals surface area contributed by atoms with Crippen molar-refractivity contribution in [2.75, 3.05) is 56.6 Å². The fourth-order valence-electron chi connectivity index (χ4n) is 4.66. The summed E-state index contributed by atoms with van der Waals surface area (Å²) in [6.07, 6.45) is 4.66. The highest BCUT2D eigenvalue weighted by atomic mass is 32.3. The Morgan fingerprint density at radius 1 is 0.680 bits per heavy atom. The number of hydrogen-bond donors (Lipinski definition) is 0. The van der Waals surface area contributed by atoms with Gasteiger partial charge < -0.3 is 18.9 Å². The van der Waals surface area contributed by atoms with E-state index in [0.717, 1.165) is 55.8 Å². The molecule has 14 heteroatoms. The highest BCUT2D eigenvalue weighted by Gasteiger charge is 2.31. The van der Waals surface area contributed by atoms with Gasteiger partial charge in [-0.05, 0) is 73.6 Å². The van der Waals surface area contributed by atoms with Gasteiger partial charge in [0.25, 0.3) is 0 Å². The van der Waals surface area contributed by atoms with Crippen LogP contribution in [-0.2, 0) is 19.1 Å². The van der Waals surface area contributed by atoms with Crippen molar-refractivity contribution in [1.82, 2.24) is 0 Å². The molecule has 2 fully saturated rings. The number of thioether (sulfide) groups is 8. The third-order valence-electron chi connectivity index (χ3n) is 7.32. The quantitative estimate of drug-likeness (QED) is 0.0681. The number of benzene rings is 2. The predicted octanol–water partition coefficient (Wildman–Crippen LogP) is 10.2. The summed E-state index contributed by atoms with van der Waals surface area (Å²) in [5.41, 5.74) is 0.508. The Kier molecular flexibility index (Phi) is 18.9. The van der Waals surface area contributed by atoms with E-state index in [-0.39, 0.29) is 13.2 Å². The minimum absolute atomic E-state index is 0.242. The average Bonchev–Trinajstić information content (AvgIpc) is 3.15. The minimum Gasteiger partial charge on any atom is -0.489 e. The van der Waals surface area contributed by atoms with Crippen molar-refractivity contribution in [2.24, 2.45) is 0 Å². The molecule has 2 aromatic carbocycles. The third kappa shape index (κ3) is 15.3. The molecule has 0 saturated carbocycles. The second-order valence-electron chi connectivity index (χ2n) is 11.9. The monoisotopic (exact) mass is 830 g/mol. The van der Waals surface area contributed by atoms with E-state index in [1.807, 2.05) is 133 Å². The van der Waals surface area contributed by atoms with Crippen molar-refractivity contribution < 1.29 is 28.5 Å². The van der Waals surface area contributed by atoms with E-state index < -0.39 is 23.1 Å². The van der Waals surface area contributed by atoms with Crippen LogP contribution in [0, 0.1) is 0 Å². The van der Waals surface area contributed by atoms with E-state index in [9.17, 15) is 9.59 Å². The lowest BCUT2D eigenvalue weighted by Crippen LogP contribution is -2.40. The molecule has 2 aromatic rings. The summed E-state index contributed by atoms with van der Waals surface area (Å²) in [7, 11) is 0. The Labute approximate surface area is 332 Å². The molecule has 0 amide bonds. The molecule has 2 saturated heterocycles. The van der Waals surface area contributed by atoms with Crippen molar-refractivity contribution in [2.45, 2.75) is 47.1 Å². The molecule has 0 spiro atoms. The van der Waals surface area contributed by atoms with Crippen LogP contribution in [0.4, 0.5) is 0 Å². The van der Waals surface area contributed by atoms with Crippen LogP contribution in [0.2, 0.25) is 0 Å². The van der Waals surface area contributed by atoms with Gasteiger partial charge in [0, 0.05) is 44.0 Å². The number of carbonyl (C=O) groups excluding carboxylic acids is 2. The van der Waals surface area contributed by atoms with E-state index in [4.69, 9.17) is 18.9 Å². The fourth-order valence-corrected chi connectivity index (χ4v) is 17.1. The molecule has 0 radical (unpaired) electrons. The van der Waals surface area contributed by atoms with E-state index >= 15 is 0 Å². The summed E-state index contributed by atoms with van der Waals surface area (Å²) in [5.74, 6) is 3.81. The first-order valence-electron chi connectivity index (χ1n) is 16.1. The van der Waals surface area contributed by atoms with Gasteiger partial charge in [-0.1, -0.05) is 37.4 Å². The van der Waals surface area contributed by atoms with Crippen LogP contribution < -0.4 is 9.47 Å². The van der Waals surface area contributed by atoms with Gasteiger partial charge in [0.1, 0.15) is 24.7 Å². The fraction of sp³-hybridized carbons (Fsp3) is 0.500. The molecule has 2 heterocycles. The van der Waals surface area contributed by atoms with Crippen LogP contribution in [-0.4, -0.2) is 88.9 Å². The second-order valence-corrected chi connectivity index (χ2v) is 22.9. The SMILES string of the molecule is C=CC(=O)OC(C)(COc1ccc(-c2ccc(OCC(C)(CSCCC3SCSCS3)OC(=O)C=C)cc2)cc1)CSCCC1SCSCS1. The minimum atomic E-state index is -0.779. The van der Waals surface area contributed by atoms with Crippen LogP contribution >= 0.6 is 94.1 Å². The van der Waals surface area contributed by atoms with Gasteiger partial charge in [0.15, 0.2) is 11.2 Å². The van der Waals surface area contributed by atoms with E-state index in [1.54, 1.807) is 23.5 Å². The van der Waals surface area contributed by atoms with Crippen molar-refractivity contribution in [3.8, 4) is 22.6 Å². The van der Waals surface area contributed by atoms with Gasteiger partial charge in [-0.15, -0.1) is 70.6 Å². The Hall–Kier alpha value is -0.740. The average molecular weight is 831 g/mol. The van der Waals surface area contributed by atoms with Crippen molar-refractivity contribution >= 4 is 106 Å². The van der Waals surface area contributed by atoms with Crippen molar-refractivity contribution in [3.63, 3.8) is 0 Å². The molecule has 0 N–H and O–H groups in total. The molecule has 2 unspecified atom stereocenters. The number of esters is 2. The topological polar surface area (TPSA) is 71.1 Å². The maximum Gasteiger partial charge on any atom is 0.330 e. The lowest BCUT2D eigenvalue weighted by molar-refractivity contribution is -0.153. The molecule has 274 valence electrons. The zero-order valence-corrected chi connectivity index (χ0v) is 35.1. The Morgan fingerprint density at radius 2 is 1.04 bits per heavy atom. The van der Waals surface area contributed by atoms with E-state index in [1.165, 1.54) is 12.2 Å². The number of rotatable bonds is 21. The Bertz CT molecular complexity index is 1250. The largest absolute Gasteiger partial charge is 0.489 e. The van der Waals surface area contributed by atoms with E-state index in [2.05, 4.69) is 13.2 Å². The molecule has 0 bridgehead atoms. The number of ether oxygens (including phenoxy) is 4. The predicted molar refractivity (Wildman–Crippen MR) is 229 cm³/mol. The summed E-state index contributed by atoms with van der Waals surface area (Å²) in [4.78, 5) is 24.3. The highest BCUT2D eigenvalue weighted by molar-refractivity contribution is 8.33. The summed E-state index contributed by atoms with van der Waals surface area (Å²) in [6.45, 7) is 11.4. The first-order chi connectivity index (χ1) is 24.2. The molecule has 50 heavy (non-hydrogen) atoms. The van der Waals surface area contributed by atoms with Gasteiger partial charge >= 0.3 is 11.9 Å². The van der Waals surface area contributed by atoms with Crippen LogP contribution in [0.25, 0.3) is 11.1 Å². The molecular weight excluding hydrogens is 785 g/mol. The van der Waals surface area contributed by atoms with Gasteiger partial charge in [-0.2, -0.15) is 23.5 Å². The maximum absolute atomic E-state index is 12.1. The molecule has 6 nitrogen and oxygen atoms in total. The number of carbonyl (C=O) groups is 2. The lowest BCUT2D eigenvalue weighted by Gasteiger charge is -2.29. The third-order valence-corrected chi connectivity index (χ3v) is 18.9. The second kappa shape index (κ2) is 22.5. The van der Waals surface area contributed by atoms with Crippen LogP contribution in [0.5, 0.6) is 11.5 Å². The lowest BCUT2D eigenvalue weighted by atomic mass is 10.1. The van der Waals surface area contributed by atoms with Crippen molar-refractivity contribution in [1.29, 1.82) is 0 Å². The van der Waals surface area contributed by atoms with Gasteiger partial charge in [0.05, 0.1) is 9.16 Å². The first kappa shape index (κ1) is 42.0. The standard InChI is InChI=1S/C36H46O6S8/c1-5-31(37)41-35(3,21-43-17-15-33-47-23-45-24-48-33)19-39-29-11-7-27(8-12-29)28-9-13-30(14-10-28)40-20-36(4,42-32(38)6-2)22-44-18-16-34-49-25-46-26-50-34/h5-14,33-34H,1-2,15-26H2,3-4H3. The molecule has 2 aliphatic heterocycles. The smallest absolute Gasteiger partial charge is 0.330 e. The normalized spacial score (nSPS) is 17.9. The zero-order chi connectivity index (χ0) is 35.7. The molecule has 2 atom stereocenters. The molecule has 2 aliphatic rings. The summed E-state index contributed by atoms with van der Waals surface area (Å²) >= 11 is 15.6. The van der Waals surface area contributed by atoms with Gasteiger partial charge in [-0.3, -0.25) is 0 Å². The summed E-state index contributed by atoms with van der Waals surface area (Å²) in [5, 5.41) is 4.66. The Morgan fingerprint density at radius 3 is 1.38 bits per heavy atom. The van der Waals surface area contributed by atoms with Gasteiger partial charge in [0.2, 0.25) is 0 Å².